The molecule has 9 heteroatoms. The lowest BCUT2D eigenvalue weighted by Crippen LogP contribution is -2.34. The smallest absolute Gasteiger partial charge is 0.320 e. The molecule has 2 atom stereocenters. The monoisotopic (exact) mass is 394 g/mol. The van der Waals surface area contributed by atoms with E-state index in [0.717, 1.165) is 0 Å². The molecule has 4 N–H and O–H groups in total. The topological polar surface area (TPSA) is 138 Å². The van der Waals surface area contributed by atoms with Crippen LogP contribution in [0.25, 0.3) is 0 Å². The van der Waals surface area contributed by atoms with Crippen molar-refractivity contribution in [2.45, 2.75) is 19.4 Å². The van der Waals surface area contributed by atoms with Crippen molar-refractivity contribution < 1.29 is 24.2 Å². The standard InChI is InChI=1S/C20H18N4O5/c1-10-23-24-20(29-10)21-12-7-5-11(6-8-12)18(26)22-17-13-3-2-4-16(25)14(13)9-15(17)19(27)28/h2-8,15,17,25H,9H2,1H3,(H,21,24)(H,22,26)(H,27,28)/t15-,17+/m1/s1. The Labute approximate surface area is 165 Å². The molecule has 0 fully saturated rings. The summed E-state index contributed by atoms with van der Waals surface area (Å²) in [6.07, 6.45) is 0.161. The molecule has 148 valence electrons. The lowest BCUT2D eigenvalue weighted by atomic mass is 10.00. The summed E-state index contributed by atoms with van der Waals surface area (Å²) in [7, 11) is 0. The minimum atomic E-state index is -1.03. The summed E-state index contributed by atoms with van der Waals surface area (Å²) in [6, 6.07) is 11.0. The van der Waals surface area contributed by atoms with Gasteiger partial charge in [0.05, 0.1) is 12.0 Å². The highest BCUT2D eigenvalue weighted by Crippen LogP contribution is 2.40. The molecule has 1 aliphatic carbocycles. The number of carbonyl (C=O) groups excluding carboxylic acids is 1. The highest BCUT2D eigenvalue weighted by molar-refractivity contribution is 5.95. The number of nitrogens with zero attached hydrogens (tertiary/aromatic N) is 2. The van der Waals surface area contributed by atoms with Gasteiger partial charge in [-0.15, -0.1) is 5.10 Å². The number of carboxylic acids is 1. The predicted molar refractivity (Wildman–Crippen MR) is 102 cm³/mol. The maximum atomic E-state index is 12.7. The van der Waals surface area contributed by atoms with E-state index in [2.05, 4.69) is 20.8 Å². The third kappa shape index (κ3) is 3.62. The first-order valence-corrected chi connectivity index (χ1v) is 8.94. The number of amides is 1. The van der Waals surface area contributed by atoms with Gasteiger partial charge >= 0.3 is 12.0 Å². The number of nitrogens with one attached hydrogen (secondary N) is 2. The third-order valence-electron chi connectivity index (χ3n) is 4.88. The Morgan fingerprint density at radius 1 is 1.14 bits per heavy atom. The molecule has 9 nitrogen and oxygen atoms in total. The molecule has 1 aromatic heterocycles. The molecule has 1 heterocycles. The van der Waals surface area contributed by atoms with Crippen molar-refractivity contribution in [2.24, 2.45) is 5.92 Å². The third-order valence-corrected chi connectivity index (χ3v) is 4.88. The zero-order valence-corrected chi connectivity index (χ0v) is 15.4. The quantitative estimate of drug-likeness (QED) is 0.518. The Morgan fingerprint density at radius 3 is 2.55 bits per heavy atom. The Kier molecular flexibility index (Phi) is 4.63. The number of aromatic hydroxyl groups is 1. The van der Waals surface area contributed by atoms with Crippen LogP contribution in [-0.2, 0) is 11.2 Å². The predicted octanol–water partition coefficient (Wildman–Crippen LogP) is 2.56. The lowest BCUT2D eigenvalue weighted by molar-refractivity contribution is -0.142. The van der Waals surface area contributed by atoms with Crippen LogP contribution in [0.15, 0.2) is 46.9 Å². The second-order valence-corrected chi connectivity index (χ2v) is 6.77. The van der Waals surface area contributed by atoms with Crippen LogP contribution in [0.1, 0.15) is 33.4 Å². The molecule has 0 saturated heterocycles. The highest BCUT2D eigenvalue weighted by Gasteiger charge is 2.39. The van der Waals surface area contributed by atoms with Gasteiger partial charge < -0.3 is 25.3 Å². The van der Waals surface area contributed by atoms with Crippen molar-refractivity contribution in [3.05, 3.63) is 65.0 Å². The fourth-order valence-corrected chi connectivity index (χ4v) is 3.47. The van der Waals surface area contributed by atoms with E-state index in [-0.39, 0.29) is 18.2 Å². The van der Waals surface area contributed by atoms with Gasteiger partial charge in [-0.25, -0.2) is 0 Å². The molecule has 0 bridgehead atoms. The highest BCUT2D eigenvalue weighted by atomic mass is 16.4. The summed E-state index contributed by atoms with van der Waals surface area (Å²) in [5.74, 6) is -1.81. The maximum absolute atomic E-state index is 12.7. The average Bonchev–Trinajstić information content (AvgIpc) is 3.27. The zero-order chi connectivity index (χ0) is 20.5. The molecule has 2 aromatic carbocycles. The molecule has 0 aliphatic heterocycles. The van der Waals surface area contributed by atoms with Gasteiger partial charge in [0.15, 0.2) is 0 Å². The van der Waals surface area contributed by atoms with E-state index in [9.17, 15) is 19.8 Å². The largest absolute Gasteiger partial charge is 0.508 e. The van der Waals surface area contributed by atoms with Crippen LogP contribution in [0.5, 0.6) is 5.75 Å². The van der Waals surface area contributed by atoms with Gasteiger partial charge in [0.2, 0.25) is 5.89 Å². The van der Waals surface area contributed by atoms with Crippen LogP contribution in [0.4, 0.5) is 11.7 Å². The summed E-state index contributed by atoms with van der Waals surface area (Å²) in [5.41, 5.74) is 2.20. The first-order valence-electron chi connectivity index (χ1n) is 8.94. The number of anilines is 2. The number of phenols is 1. The summed E-state index contributed by atoms with van der Waals surface area (Å²) in [4.78, 5) is 24.4. The van der Waals surface area contributed by atoms with Gasteiger partial charge in [-0.3, -0.25) is 9.59 Å². The van der Waals surface area contributed by atoms with E-state index >= 15 is 0 Å². The van der Waals surface area contributed by atoms with E-state index in [1.165, 1.54) is 6.07 Å². The number of carboxylic acid groups (broad SMARTS) is 1. The van der Waals surface area contributed by atoms with E-state index in [1.54, 1.807) is 43.3 Å². The summed E-state index contributed by atoms with van der Waals surface area (Å²) in [6.45, 7) is 1.68. The molecule has 4 rings (SSSR count). The SMILES string of the molecule is Cc1nnc(Nc2ccc(C(=O)N[C@H]3c4cccc(O)c4C[C@H]3C(=O)O)cc2)o1. The molecule has 0 unspecified atom stereocenters. The molecule has 29 heavy (non-hydrogen) atoms. The van der Waals surface area contributed by atoms with Crippen molar-refractivity contribution >= 4 is 23.6 Å². The minimum absolute atomic E-state index is 0.0391. The summed E-state index contributed by atoms with van der Waals surface area (Å²) < 4.78 is 5.24. The average molecular weight is 394 g/mol. The van der Waals surface area contributed by atoms with Crippen LogP contribution in [0.3, 0.4) is 0 Å². The number of benzene rings is 2. The number of fused-ring (bicyclic) bond motifs is 1. The number of carbonyl (C=O) groups is 2. The Balaban J connectivity index is 1.51. The van der Waals surface area contributed by atoms with Gasteiger partial charge in [0.1, 0.15) is 5.75 Å². The van der Waals surface area contributed by atoms with E-state index < -0.39 is 23.8 Å². The van der Waals surface area contributed by atoms with Crippen molar-refractivity contribution in [3.8, 4) is 5.75 Å². The molecule has 0 saturated carbocycles. The van der Waals surface area contributed by atoms with E-state index in [4.69, 9.17) is 4.42 Å². The first-order chi connectivity index (χ1) is 13.9. The molecular formula is C20H18N4O5. The van der Waals surface area contributed by atoms with E-state index in [0.29, 0.717) is 28.3 Å². The van der Waals surface area contributed by atoms with Crippen molar-refractivity contribution in [2.75, 3.05) is 5.32 Å². The lowest BCUT2D eigenvalue weighted by Gasteiger charge is -2.19. The number of aliphatic carboxylic acids is 1. The number of rotatable bonds is 5. The maximum Gasteiger partial charge on any atom is 0.320 e. The Bertz CT molecular complexity index is 1080. The second-order valence-electron chi connectivity index (χ2n) is 6.77. The van der Waals surface area contributed by atoms with Gasteiger partial charge in [-0.1, -0.05) is 17.2 Å². The molecular weight excluding hydrogens is 376 g/mol. The van der Waals surface area contributed by atoms with Crippen LogP contribution in [-0.4, -0.2) is 32.3 Å². The number of aryl methyl sites for hydroxylation is 1. The fourth-order valence-electron chi connectivity index (χ4n) is 3.47. The Hall–Kier alpha value is -3.88. The molecule has 1 amide bonds. The second kappa shape index (κ2) is 7.27. The fraction of sp³-hybridized carbons (Fsp3) is 0.200. The number of phenolic OH excluding ortho intramolecular Hbond substituents is 1. The van der Waals surface area contributed by atoms with Gasteiger partial charge in [-0.05, 0) is 42.3 Å². The normalized spacial score (nSPS) is 17.6. The van der Waals surface area contributed by atoms with Crippen molar-refractivity contribution in [1.82, 2.24) is 15.5 Å². The molecule has 1 aliphatic rings. The molecule has 0 spiro atoms. The number of hydrogen-bond donors (Lipinski definition) is 4. The summed E-state index contributed by atoms with van der Waals surface area (Å²) in [5, 5.41) is 32.8. The molecule has 0 radical (unpaired) electrons. The van der Waals surface area contributed by atoms with Crippen LogP contribution in [0, 0.1) is 12.8 Å². The van der Waals surface area contributed by atoms with Gasteiger partial charge in [-0.2, -0.15) is 0 Å². The number of aromatic nitrogens is 2. The van der Waals surface area contributed by atoms with E-state index in [1.807, 2.05) is 0 Å². The Morgan fingerprint density at radius 2 is 1.90 bits per heavy atom. The zero-order valence-electron chi connectivity index (χ0n) is 15.4. The van der Waals surface area contributed by atoms with Crippen LogP contribution >= 0.6 is 0 Å². The van der Waals surface area contributed by atoms with Crippen molar-refractivity contribution in [1.29, 1.82) is 0 Å². The van der Waals surface area contributed by atoms with Gasteiger partial charge in [0.25, 0.3) is 5.91 Å². The number of hydrogen-bond acceptors (Lipinski definition) is 7. The van der Waals surface area contributed by atoms with Crippen molar-refractivity contribution in [3.63, 3.8) is 0 Å². The van der Waals surface area contributed by atoms with Gasteiger partial charge in [0, 0.05) is 23.7 Å². The molecule has 3 aromatic rings. The van der Waals surface area contributed by atoms with Crippen LogP contribution < -0.4 is 10.6 Å². The summed E-state index contributed by atoms with van der Waals surface area (Å²) >= 11 is 0. The first kappa shape index (κ1) is 18.5. The minimum Gasteiger partial charge on any atom is -0.508 e. The van der Waals surface area contributed by atoms with Crippen LogP contribution in [0.2, 0.25) is 0 Å².